The predicted octanol–water partition coefficient (Wildman–Crippen LogP) is 6.15. The van der Waals surface area contributed by atoms with Crippen molar-refractivity contribution >= 4 is 48.7 Å². The van der Waals surface area contributed by atoms with E-state index in [0.717, 1.165) is 10.9 Å². The van der Waals surface area contributed by atoms with Gasteiger partial charge >= 0.3 is 0 Å². The summed E-state index contributed by atoms with van der Waals surface area (Å²) in [5, 5.41) is 2.76. The number of fused-ring (bicyclic) bond motifs is 3. The fourth-order valence-corrected chi connectivity index (χ4v) is 4.28. The van der Waals surface area contributed by atoms with Crippen molar-refractivity contribution in [1.82, 2.24) is 0 Å². The van der Waals surface area contributed by atoms with Crippen molar-refractivity contribution < 1.29 is 0 Å². The first-order valence-electron chi connectivity index (χ1n) is 6.15. The van der Waals surface area contributed by atoms with Crippen molar-refractivity contribution in [1.29, 1.82) is 0 Å². The monoisotopic (exact) mass is 364 g/mol. The van der Waals surface area contributed by atoms with Crippen LogP contribution < -0.4 is 0 Å². The molecular weight excluding hydrogens is 352 g/mol. The highest BCUT2D eigenvalue weighted by Crippen LogP contribution is 2.41. The van der Waals surface area contributed by atoms with Crippen LogP contribution in [0.5, 0.6) is 0 Å². The molecule has 1 aliphatic carbocycles. The summed E-state index contributed by atoms with van der Waals surface area (Å²) < 4.78 is 2.46. The molecule has 0 saturated heterocycles. The number of halogens is 2. The van der Waals surface area contributed by atoms with E-state index < -0.39 is 0 Å². The topological polar surface area (TPSA) is 0 Å². The Kier molecular flexibility index (Phi) is 3.11. The van der Waals surface area contributed by atoms with Gasteiger partial charge in [-0.3, -0.25) is 0 Å². The third kappa shape index (κ3) is 1.96. The summed E-state index contributed by atoms with van der Waals surface area (Å²) in [4.78, 5) is 0. The van der Waals surface area contributed by atoms with Crippen LogP contribution in [0.4, 0.5) is 0 Å². The third-order valence-corrected chi connectivity index (χ3v) is 4.67. The number of allylic oxidation sites excluding steroid dienone is 1. The fraction of sp³-hybridized carbons (Fsp3) is 0.250. The number of aryl methyl sites for hydroxylation is 1. The summed E-state index contributed by atoms with van der Waals surface area (Å²) >= 11 is 7.23. The van der Waals surface area contributed by atoms with E-state index in [1.165, 1.54) is 31.9 Å². The maximum atomic E-state index is 3.65. The molecule has 2 heteroatoms. The number of hydrogen-bond donors (Lipinski definition) is 0. The first-order valence-corrected chi connectivity index (χ1v) is 7.73. The van der Waals surface area contributed by atoms with E-state index in [0.29, 0.717) is 5.92 Å². The molecule has 0 nitrogen and oxygen atoms in total. The molecule has 1 aliphatic rings. The molecule has 0 spiro atoms. The Morgan fingerprint density at radius 3 is 2.72 bits per heavy atom. The van der Waals surface area contributed by atoms with E-state index in [-0.39, 0.29) is 0 Å². The summed E-state index contributed by atoms with van der Waals surface area (Å²) in [7, 11) is 0. The summed E-state index contributed by atoms with van der Waals surface area (Å²) in [6.07, 6.45) is 3.36. The standard InChI is InChI=1S/C16H14Br2/c1-9-5-13(17)7-11-3-4-12-8-14(18)6-10(2)16(12)15(9)11/h3-5,7-8,10H,6H2,1-2H3. The SMILES string of the molecule is Cc1cc(Br)cc2ccc3c(c12)C(C)CC(Br)=C3. The van der Waals surface area contributed by atoms with E-state index in [1.54, 1.807) is 0 Å². The van der Waals surface area contributed by atoms with Gasteiger partial charge in [-0.15, -0.1) is 0 Å². The van der Waals surface area contributed by atoms with Gasteiger partial charge in [0.2, 0.25) is 0 Å². The van der Waals surface area contributed by atoms with Crippen molar-refractivity contribution in [2.24, 2.45) is 0 Å². The average molecular weight is 366 g/mol. The predicted molar refractivity (Wildman–Crippen MR) is 86.3 cm³/mol. The lowest BCUT2D eigenvalue weighted by Gasteiger charge is -2.23. The second-order valence-corrected chi connectivity index (χ2v) is 7.02. The zero-order valence-corrected chi connectivity index (χ0v) is 13.6. The molecule has 0 fully saturated rings. The molecule has 0 radical (unpaired) electrons. The Morgan fingerprint density at radius 2 is 1.94 bits per heavy atom. The van der Waals surface area contributed by atoms with Crippen LogP contribution >= 0.6 is 31.9 Å². The van der Waals surface area contributed by atoms with Gasteiger partial charge in [0.25, 0.3) is 0 Å². The highest BCUT2D eigenvalue weighted by Gasteiger charge is 2.20. The van der Waals surface area contributed by atoms with Crippen LogP contribution in [0.15, 0.2) is 33.2 Å². The van der Waals surface area contributed by atoms with Crippen LogP contribution in [-0.4, -0.2) is 0 Å². The summed E-state index contributed by atoms with van der Waals surface area (Å²) in [6, 6.07) is 8.88. The lowest BCUT2D eigenvalue weighted by molar-refractivity contribution is 0.773. The Balaban J connectivity index is 2.42. The van der Waals surface area contributed by atoms with Crippen LogP contribution in [-0.2, 0) is 0 Å². The van der Waals surface area contributed by atoms with Gasteiger partial charge in [-0.2, -0.15) is 0 Å². The molecule has 1 atom stereocenters. The summed E-state index contributed by atoms with van der Waals surface area (Å²) in [5.74, 6) is 0.572. The molecular formula is C16H14Br2. The fourth-order valence-electron chi connectivity index (χ4n) is 2.96. The lowest BCUT2D eigenvalue weighted by Crippen LogP contribution is -2.04. The van der Waals surface area contributed by atoms with E-state index in [2.05, 4.69) is 76.0 Å². The van der Waals surface area contributed by atoms with Gasteiger partial charge in [-0.25, -0.2) is 0 Å². The molecule has 0 aromatic heterocycles. The van der Waals surface area contributed by atoms with Gasteiger partial charge in [0.1, 0.15) is 0 Å². The lowest BCUT2D eigenvalue weighted by atomic mass is 9.83. The van der Waals surface area contributed by atoms with Crippen LogP contribution in [0.25, 0.3) is 16.8 Å². The number of hydrogen-bond acceptors (Lipinski definition) is 0. The maximum Gasteiger partial charge on any atom is 0.0184 e. The minimum Gasteiger partial charge on any atom is -0.0580 e. The van der Waals surface area contributed by atoms with Crippen LogP contribution in [0.2, 0.25) is 0 Å². The molecule has 3 rings (SSSR count). The molecule has 2 aromatic carbocycles. The van der Waals surface area contributed by atoms with Crippen LogP contribution in [0.3, 0.4) is 0 Å². The number of benzene rings is 2. The van der Waals surface area contributed by atoms with Crippen molar-refractivity contribution in [3.8, 4) is 0 Å². The van der Waals surface area contributed by atoms with Gasteiger partial charge in [-0.1, -0.05) is 50.9 Å². The van der Waals surface area contributed by atoms with E-state index in [4.69, 9.17) is 0 Å². The molecule has 0 N–H and O–H groups in total. The van der Waals surface area contributed by atoms with E-state index in [1.807, 2.05) is 0 Å². The second-order valence-electron chi connectivity index (χ2n) is 5.09. The van der Waals surface area contributed by atoms with Gasteiger partial charge in [-0.05, 0) is 69.4 Å². The first-order chi connectivity index (χ1) is 8.56. The molecule has 2 aromatic rings. The van der Waals surface area contributed by atoms with Crippen molar-refractivity contribution in [3.63, 3.8) is 0 Å². The normalized spacial score (nSPS) is 18.7. The Bertz CT molecular complexity index is 668. The highest BCUT2D eigenvalue weighted by molar-refractivity contribution is 9.11. The molecule has 18 heavy (non-hydrogen) atoms. The van der Waals surface area contributed by atoms with E-state index in [9.17, 15) is 0 Å². The molecule has 0 bridgehead atoms. The minimum atomic E-state index is 0.572. The summed E-state index contributed by atoms with van der Waals surface area (Å²) in [6.45, 7) is 4.52. The average Bonchev–Trinajstić information content (AvgIpc) is 2.28. The maximum absolute atomic E-state index is 3.65. The van der Waals surface area contributed by atoms with Crippen molar-refractivity contribution in [3.05, 3.63) is 49.9 Å². The zero-order valence-electron chi connectivity index (χ0n) is 10.4. The molecule has 0 amide bonds. The molecule has 0 saturated carbocycles. The van der Waals surface area contributed by atoms with Crippen LogP contribution in [0, 0.1) is 6.92 Å². The van der Waals surface area contributed by atoms with Gasteiger partial charge < -0.3 is 0 Å². The van der Waals surface area contributed by atoms with Gasteiger partial charge in [0.15, 0.2) is 0 Å². The Morgan fingerprint density at radius 1 is 1.17 bits per heavy atom. The zero-order chi connectivity index (χ0) is 12.9. The smallest absolute Gasteiger partial charge is 0.0184 e. The quantitative estimate of drug-likeness (QED) is 0.524. The number of rotatable bonds is 0. The molecule has 0 heterocycles. The molecule has 0 aliphatic heterocycles. The largest absolute Gasteiger partial charge is 0.0580 e. The minimum absolute atomic E-state index is 0.572. The second kappa shape index (κ2) is 4.50. The van der Waals surface area contributed by atoms with Crippen LogP contribution in [0.1, 0.15) is 36.0 Å². The van der Waals surface area contributed by atoms with Crippen molar-refractivity contribution in [2.75, 3.05) is 0 Å². The first kappa shape index (κ1) is 12.4. The van der Waals surface area contributed by atoms with E-state index >= 15 is 0 Å². The summed E-state index contributed by atoms with van der Waals surface area (Å²) in [5.41, 5.74) is 4.22. The van der Waals surface area contributed by atoms with Crippen molar-refractivity contribution in [2.45, 2.75) is 26.2 Å². The highest BCUT2D eigenvalue weighted by atomic mass is 79.9. The van der Waals surface area contributed by atoms with Gasteiger partial charge in [0.05, 0.1) is 0 Å². The van der Waals surface area contributed by atoms with Gasteiger partial charge in [0, 0.05) is 4.47 Å². The molecule has 1 unspecified atom stereocenters. The Hall–Kier alpha value is -0.600. The Labute approximate surface area is 124 Å². The third-order valence-electron chi connectivity index (χ3n) is 3.66. The molecule has 92 valence electrons.